The Kier molecular flexibility index (Phi) is 5.65. The molecular weight excluding hydrogens is 369 g/mol. The molecule has 6 heteroatoms. The molecule has 3 heterocycles. The van der Waals surface area contributed by atoms with Crippen LogP contribution in [0.3, 0.4) is 0 Å². The van der Waals surface area contributed by atoms with Gasteiger partial charge in [-0.1, -0.05) is 25.5 Å². The lowest BCUT2D eigenvalue weighted by Gasteiger charge is -2.43. The number of hydrogen-bond acceptors (Lipinski definition) is 3. The zero-order chi connectivity index (χ0) is 20.6. The largest absolute Gasteiger partial charge is 0.350 e. The summed E-state index contributed by atoms with van der Waals surface area (Å²) in [5.74, 6) is 0.440. The first kappa shape index (κ1) is 20.3. The van der Waals surface area contributed by atoms with Gasteiger partial charge in [0.25, 0.3) is 0 Å². The molecule has 0 aromatic heterocycles. The summed E-state index contributed by atoms with van der Waals surface area (Å²) in [5, 5.41) is 3.33. The van der Waals surface area contributed by atoms with Crippen molar-refractivity contribution in [3.63, 3.8) is 0 Å². The van der Waals surface area contributed by atoms with E-state index in [4.69, 9.17) is 0 Å². The summed E-state index contributed by atoms with van der Waals surface area (Å²) >= 11 is 0. The average molecular weight is 402 g/mol. The van der Waals surface area contributed by atoms with Crippen LogP contribution in [0.1, 0.15) is 45.1 Å². The summed E-state index contributed by atoms with van der Waals surface area (Å²) in [4.78, 5) is 29.8. The van der Waals surface area contributed by atoms with E-state index in [0.29, 0.717) is 31.5 Å². The molecule has 1 aromatic carbocycles. The number of amides is 2. The summed E-state index contributed by atoms with van der Waals surface area (Å²) in [6.45, 7) is 7.68. The number of nitrogens with one attached hydrogen (secondary N) is 1. The maximum absolute atomic E-state index is 13.1. The van der Waals surface area contributed by atoms with Gasteiger partial charge in [-0.15, -0.1) is 0 Å². The Labute approximate surface area is 172 Å². The monoisotopic (exact) mass is 401 g/mol. The van der Waals surface area contributed by atoms with E-state index in [2.05, 4.69) is 24.1 Å². The Morgan fingerprint density at radius 2 is 1.93 bits per heavy atom. The molecule has 158 valence electrons. The van der Waals surface area contributed by atoms with Crippen LogP contribution < -0.4 is 5.32 Å². The van der Waals surface area contributed by atoms with Gasteiger partial charge in [-0.25, -0.2) is 4.39 Å². The highest BCUT2D eigenvalue weighted by Crippen LogP contribution is 2.44. The van der Waals surface area contributed by atoms with Gasteiger partial charge in [0.1, 0.15) is 5.82 Å². The van der Waals surface area contributed by atoms with Crippen LogP contribution in [0.4, 0.5) is 4.39 Å². The zero-order valence-corrected chi connectivity index (χ0v) is 17.5. The molecule has 0 aliphatic carbocycles. The summed E-state index contributed by atoms with van der Waals surface area (Å²) in [5.41, 5.74) is 0.678. The van der Waals surface area contributed by atoms with E-state index in [1.807, 2.05) is 4.90 Å². The van der Waals surface area contributed by atoms with Crippen molar-refractivity contribution in [2.24, 2.45) is 11.8 Å². The second-order valence-corrected chi connectivity index (χ2v) is 9.13. The molecule has 3 aliphatic heterocycles. The number of nitrogens with zero attached hydrogens (tertiary/aromatic N) is 2. The summed E-state index contributed by atoms with van der Waals surface area (Å²) in [6.07, 6.45) is 4.28. The quantitative estimate of drug-likeness (QED) is 0.825. The van der Waals surface area contributed by atoms with E-state index in [-0.39, 0.29) is 29.1 Å². The van der Waals surface area contributed by atoms with Crippen LogP contribution in [0.2, 0.25) is 0 Å². The number of rotatable bonds is 5. The highest BCUT2D eigenvalue weighted by Gasteiger charge is 2.57. The van der Waals surface area contributed by atoms with Gasteiger partial charge in [-0.3, -0.25) is 14.5 Å². The van der Waals surface area contributed by atoms with Gasteiger partial charge in [0.05, 0.1) is 12.3 Å². The minimum atomic E-state index is -0.286. The molecule has 5 nitrogen and oxygen atoms in total. The number of carbonyl (C=O) groups is 2. The maximum atomic E-state index is 13.1. The van der Waals surface area contributed by atoms with Gasteiger partial charge in [-0.2, -0.15) is 0 Å². The van der Waals surface area contributed by atoms with E-state index in [1.54, 1.807) is 12.1 Å². The zero-order valence-electron chi connectivity index (χ0n) is 17.5. The SMILES string of the molecule is CCC[C@H](C)N1C[C@H]2C(=O)NC3(CCN(C(=O)Cc4ccc(F)cc4)CC3)[C@H]2C1. The van der Waals surface area contributed by atoms with Crippen molar-refractivity contribution >= 4 is 11.8 Å². The van der Waals surface area contributed by atoms with Gasteiger partial charge < -0.3 is 10.2 Å². The van der Waals surface area contributed by atoms with Crippen molar-refractivity contribution in [3.8, 4) is 0 Å². The normalized spacial score (nSPS) is 27.1. The highest BCUT2D eigenvalue weighted by atomic mass is 19.1. The molecule has 1 N–H and O–H groups in total. The number of likely N-dealkylation sites (tertiary alicyclic amines) is 2. The second-order valence-electron chi connectivity index (χ2n) is 9.13. The Bertz CT molecular complexity index is 758. The van der Waals surface area contributed by atoms with Crippen LogP contribution in [-0.4, -0.2) is 59.4 Å². The summed E-state index contributed by atoms with van der Waals surface area (Å²) < 4.78 is 13.1. The van der Waals surface area contributed by atoms with Gasteiger partial charge in [-0.05, 0) is 43.9 Å². The molecule has 4 rings (SSSR count). The Balaban J connectivity index is 1.37. The number of hydrogen-bond donors (Lipinski definition) is 1. The van der Waals surface area contributed by atoms with E-state index >= 15 is 0 Å². The topological polar surface area (TPSA) is 52.7 Å². The molecule has 0 bridgehead atoms. The van der Waals surface area contributed by atoms with Crippen molar-refractivity contribution in [1.29, 1.82) is 0 Å². The van der Waals surface area contributed by atoms with Crippen molar-refractivity contribution in [3.05, 3.63) is 35.6 Å². The number of fused-ring (bicyclic) bond motifs is 2. The average Bonchev–Trinajstić information content (AvgIpc) is 3.25. The van der Waals surface area contributed by atoms with Crippen molar-refractivity contribution in [1.82, 2.24) is 15.1 Å². The Morgan fingerprint density at radius 3 is 2.59 bits per heavy atom. The molecule has 1 spiro atoms. The predicted octanol–water partition coefficient (Wildman–Crippen LogP) is 2.60. The predicted molar refractivity (Wildman–Crippen MR) is 110 cm³/mol. The van der Waals surface area contributed by atoms with E-state index in [1.165, 1.54) is 18.6 Å². The lowest BCUT2D eigenvalue weighted by Crippen LogP contribution is -2.56. The van der Waals surface area contributed by atoms with E-state index in [0.717, 1.165) is 37.9 Å². The van der Waals surface area contributed by atoms with Crippen LogP contribution in [0.5, 0.6) is 0 Å². The lowest BCUT2D eigenvalue weighted by molar-refractivity contribution is -0.132. The Morgan fingerprint density at radius 1 is 1.24 bits per heavy atom. The van der Waals surface area contributed by atoms with Crippen molar-refractivity contribution < 1.29 is 14.0 Å². The lowest BCUT2D eigenvalue weighted by atomic mass is 9.75. The first-order valence-electron chi connectivity index (χ1n) is 11.0. The smallest absolute Gasteiger partial charge is 0.226 e. The summed E-state index contributed by atoms with van der Waals surface area (Å²) in [7, 11) is 0. The molecular formula is C23H32FN3O2. The van der Waals surface area contributed by atoms with Crippen molar-refractivity contribution in [2.45, 2.75) is 57.5 Å². The first-order chi connectivity index (χ1) is 13.9. The number of benzene rings is 1. The van der Waals surface area contributed by atoms with Crippen LogP contribution in [-0.2, 0) is 16.0 Å². The fraction of sp³-hybridized carbons (Fsp3) is 0.652. The molecule has 0 saturated carbocycles. The van der Waals surface area contributed by atoms with Gasteiger partial charge in [0.15, 0.2) is 0 Å². The van der Waals surface area contributed by atoms with Gasteiger partial charge >= 0.3 is 0 Å². The van der Waals surface area contributed by atoms with Crippen LogP contribution in [0.15, 0.2) is 24.3 Å². The van der Waals surface area contributed by atoms with Crippen molar-refractivity contribution in [2.75, 3.05) is 26.2 Å². The maximum Gasteiger partial charge on any atom is 0.226 e. The molecule has 0 unspecified atom stereocenters. The number of carbonyl (C=O) groups excluding carboxylic acids is 2. The third-order valence-corrected chi connectivity index (χ3v) is 7.37. The molecule has 29 heavy (non-hydrogen) atoms. The molecule has 0 radical (unpaired) electrons. The fourth-order valence-corrected chi connectivity index (χ4v) is 5.59. The highest BCUT2D eigenvalue weighted by molar-refractivity contribution is 5.84. The van der Waals surface area contributed by atoms with Crippen LogP contribution >= 0.6 is 0 Å². The van der Waals surface area contributed by atoms with E-state index < -0.39 is 0 Å². The standard InChI is InChI=1S/C23H32FN3O2/c1-3-4-16(2)27-14-19-20(15-27)23(25-22(19)29)9-11-26(12-10-23)21(28)13-17-5-7-18(24)8-6-17/h5-8,16,19-20H,3-4,9-15H2,1-2H3,(H,25,29)/t16-,19+,20-/m0/s1. The second kappa shape index (κ2) is 8.05. The Hall–Kier alpha value is -1.95. The number of piperidine rings is 1. The molecule has 3 fully saturated rings. The number of halogens is 1. The van der Waals surface area contributed by atoms with Gasteiger partial charge in [0.2, 0.25) is 11.8 Å². The fourth-order valence-electron chi connectivity index (χ4n) is 5.59. The molecule has 3 aliphatic rings. The van der Waals surface area contributed by atoms with E-state index in [9.17, 15) is 14.0 Å². The van der Waals surface area contributed by atoms with Crippen LogP contribution in [0.25, 0.3) is 0 Å². The minimum Gasteiger partial charge on any atom is -0.350 e. The summed E-state index contributed by atoms with van der Waals surface area (Å²) in [6, 6.07) is 6.66. The third kappa shape index (κ3) is 3.91. The van der Waals surface area contributed by atoms with Gasteiger partial charge in [0, 0.05) is 43.7 Å². The van der Waals surface area contributed by atoms with Crippen LogP contribution in [0, 0.1) is 17.7 Å². The molecule has 2 amide bonds. The molecule has 1 aromatic rings. The molecule has 3 atom stereocenters. The molecule has 3 saturated heterocycles. The first-order valence-corrected chi connectivity index (χ1v) is 11.0. The minimum absolute atomic E-state index is 0.0805. The third-order valence-electron chi connectivity index (χ3n) is 7.37.